The first-order valence-electron chi connectivity index (χ1n) is 12.0. The van der Waals surface area contributed by atoms with Gasteiger partial charge in [0.2, 0.25) is 5.91 Å². The number of carbonyl (C=O) groups is 1. The fourth-order valence-electron chi connectivity index (χ4n) is 4.24. The zero-order valence-electron chi connectivity index (χ0n) is 20.5. The molecule has 1 aliphatic rings. The number of benzene rings is 3. The summed E-state index contributed by atoms with van der Waals surface area (Å²) in [6.07, 6.45) is 2.11. The van der Waals surface area contributed by atoms with Gasteiger partial charge in [-0.05, 0) is 72.7 Å². The number of nitrogens with zero attached hydrogens (tertiary/aromatic N) is 5. The summed E-state index contributed by atoms with van der Waals surface area (Å²) in [7, 11) is 0. The molecular formula is C28H28N6O2. The molecule has 1 N–H and O–H groups in total. The number of ether oxygens (including phenoxy) is 1. The largest absolute Gasteiger partial charge is 0.494 e. The molecule has 0 spiro atoms. The van der Waals surface area contributed by atoms with Gasteiger partial charge < -0.3 is 10.1 Å². The zero-order chi connectivity index (χ0) is 25.1. The third kappa shape index (κ3) is 4.84. The molecule has 0 saturated heterocycles. The highest BCUT2D eigenvalue weighted by molar-refractivity contribution is 5.97. The van der Waals surface area contributed by atoms with Gasteiger partial charge >= 0.3 is 0 Å². The van der Waals surface area contributed by atoms with E-state index in [-0.39, 0.29) is 18.5 Å². The highest BCUT2D eigenvalue weighted by Crippen LogP contribution is 2.36. The highest BCUT2D eigenvalue weighted by atomic mass is 16.5. The standard InChI is InChI=1S/C28H28N6O2/c1-4-36-24-15-13-23(14-16-24)29-27(35)18-33-25(21-9-5-19(2)6-10-21)17-26(34-28(33)30-31-32-34)22-11-7-20(3)8-12-22/h5-17,26H,4,18H2,1-3H3,(H,29,35). The number of hydrogen-bond donors (Lipinski definition) is 1. The number of carbonyl (C=O) groups excluding carboxylic acids is 1. The molecule has 0 aliphatic carbocycles. The predicted octanol–water partition coefficient (Wildman–Crippen LogP) is 4.78. The van der Waals surface area contributed by atoms with Crippen molar-refractivity contribution >= 4 is 23.2 Å². The first-order chi connectivity index (χ1) is 17.5. The summed E-state index contributed by atoms with van der Waals surface area (Å²) >= 11 is 0. The van der Waals surface area contributed by atoms with E-state index in [1.807, 2.05) is 36.1 Å². The molecule has 1 unspecified atom stereocenters. The lowest BCUT2D eigenvalue weighted by atomic mass is 9.99. The number of allylic oxidation sites excluding steroid dienone is 1. The monoisotopic (exact) mass is 480 g/mol. The number of tetrazole rings is 1. The van der Waals surface area contributed by atoms with Crippen LogP contribution in [0.15, 0.2) is 78.9 Å². The minimum Gasteiger partial charge on any atom is -0.494 e. The van der Waals surface area contributed by atoms with Gasteiger partial charge in [0.1, 0.15) is 18.3 Å². The molecule has 1 atom stereocenters. The molecule has 1 amide bonds. The van der Waals surface area contributed by atoms with Gasteiger partial charge in [-0.15, -0.1) is 0 Å². The number of amides is 1. The Labute approximate surface area is 210 Å². The van der Waals surface area contributed by atoms with Crippen molar-refractivity contribution < 1.29 is 9.53 Å². The molecule has 0 radical (unpaired) electrons. The summed E-state index contributed by atoms with van der Waals surface area (Å²) in [6.45, 7) is 6.69. The Hall–Kier alpha value is -4.46. The highest BCUT2D eigenvalue weighted by Gasteiger charge is 2.32. The molecule has 1 aromatic heterocycles. The van der Waals surface area contributed by atoms with Gasteiger partial charge in [0.15, 0.2) is 0 Å². The Bertz CT molecular complexity index is 1380. The average molecular weight is 481 g/mol. The average Bonchev–Trinajstić information content (AvgIpc) is 3.37. The Morgan fingerprint density at radius 3 is 2.28 bits per heavy atom. The SMILES string of the molecule is CCOc1ccc(NC(=O)CN2C(c3ccc(C)cc3)=CC(c3ccc(C)cc3)n3nnnc32)cc1. The van der Waals surface area contributed by atoms with E-state index in [9.17, 15) is 4.79 Å². The molecule has 3 aromatic carbocycles. The number of aromatic nitrogens is 4. The lowest BCUT2D eigenvalue weighted by Gasteiger charge is -2.32. The van der Waals surface area contributed by atoms with Gasteiger partial charge in [-0.1, -0.05) is 64.8 Å². The Kier molecular flexibility index (Phi) is 6.49. The summed E-state index contributed by atoms with van der Waals surface area (Å²) < 4.78 is 7.25. The van der Waals surface area contributed by atoms with Crippen molar-refractivity contribution in [3.05, 3.63) is 101 Å². The van der Waals surface area contributed by atoms with E-state index in [0.717, 1.165) is 28.1 Å². The maximum absolute atomic E-state index is 13.2. The van der Waals surface area contributed by atoms with Crippen LogP contribution in [0, 0.1) is 13.8 Å². The molecule has 182 valence electrons. The molecule has 4 aromatic rings. The quantitative estimate of drug-likeness (QED) is 0.410. The van der Waals surface area contributed by atoms with Crippen molar-refractivity contribution in [2.45, 2.75) is 26.8 Å². The molecular weight excluding hydrogens is 452 g/mol. The number of aryl methyl sites for hydroxylation is 2. The lowest BCUT2D eigenvalue weighted by molar-refractivity contribution is -0.114. The fourth-order valence-corrected chi connectivity index (χ4v) is 4.24. The molecule has 36 heavy (non-hydrogen) atoms. The van der Waals surface area contributed by atoms with Crippen molar-refractivity contribution in [2.75, 3.05) is 23.4 Å². The van der Waals surface area contributed by atoms with E-state index in [4.69, 9.17) is 4.74 Å². The number of anilines is 2. The fraction of sp³-hybridized carbons (Fsp3) is 0.214. The van der Waals surface area contributed by atoms with E-state index < -0.39 is 0 Å². The van der Waals surface area contributed by atoms with Crippen LogP contribution < -0.4 is 15.0 Å². The van der Waals surface area contributed by atoms with Crippen LogP contribution in [-0.4, -0.2) is 39.3 Å². The topological polar surface area (TPSA) is 85.2 Å². The number of fused-ring (bicyclic) bond motifs is 1. The summed E-state index contributed by atoms with van der Waals surface area (Å²) in [6, 6.07) is 23.7. The first-order valence-corrected chi connectivity index (χ1v) is 12.0. The second-order valence-corrected chi connectivity index (χ2v) is 8.79. The van der Waals surface area contributed by atoms with Crippen molar-refractivity contribution in [2.24, 2.45) is 0 Å². The molecule has 8 heteroatoms. The Balaban J connectivity index is 1.48. The third-order valence-electron chi connectivity index (χ3n) is 6.10. The first kappa shape index (κ1) is 23.3. The predicted molar refractivity (Wildman–Crippen MR) is 140 cm³/mol. The van der Waals surface area contributed by atoms with Crippen LogP contribution >= 0.6 is 0 Å². The molecule has 0 bridgehead atoms. The summed E-state index contributed by atoms with van der Waals surface area (Å²) in [5.41, 5.74) is 5.97. The number of rotatable bonds is 7. The van der Waals surface area contributed by atoms with Crippen LogP contribution in [0.2, 0.25) is 0 Å². The van der Waals surface area contributed by atoms with Crippen LogP contribution in [0.3, 0.4) is 0 Å². The summed E-state index contributed by atoms with van der Waals surface area (Å²) in [4.78, 5) is 15.0. The van der Waals surface area contributed by atoms with Gasteiger partial charge in [-0.25, -0.2) is 0 Å². The number of nitrogens with one attached hydrogen (secondary N) is 1. The second-order valence-electron chi connectivity index (χ2n) is 8.79. The molecule has 1 aliphatic heterocycles. The maximum Gasteiger partial charge on any atom is 0.251 e. The Morgan fingerprint density at radius 2 is 1.61 bits per heavy atom. The van der Waals surface area contributed by atoms with Gasteiger partial charge in [-0.2, -0.15) is 4.68 Å². The van der Waals surface area contributed by atoms with E-state index >= 15 is 0 Å². The smallest absolute Gasteiger partial charge is 0.251 e. The van der Waals surface area contributed by atoms with Crippen LogP contribution in [0.1, 0.15) is 35.2 Å². The van der Waals surface area contributed by atoms with Crippen molar-refractivity contribution in [1.82, 2.24) is 20.2 Å². The van der Waals surface area contributed by atoms with Crippen molar-refractivity contribution in [1.29, 1.82) is 0 Å². The van der Waals surface area contributed by atoms with Crippen LogP contribution in [0.25, 0.3) is 5.70 Å². The molecule has 2 heterocycles. The van der Waals surface area contributed by atoms with Crippen molar-refractivity contribution in [3.63, 3.8) is 0 Å². The van der Waals surface area contributed by atoms with E-state index in [1.54, 1.807) is 4.68 Å². The third-order valence-corrected chi connectivity index (χ3v) is 6.10. The minimum atomic E-state index is -0.197. The zero-order valence-corrected chi connectivity index (χ0v) is 20.5. The second kappa shape index (κ2) is 10.0. The van der Waals surface area contributed by atoms with Gasteiger partial charge in [0.05, 0.1) is 12.3 Å². The minimum absolute atomic E-state index is 0.0495. The van der Waals surface area contributed by atoms with Crippen LogP contribution in [0.4, 0.5) is 11.6 Å². The number of hydrogen-bond acceptors (Lipinski definition) is 6. The van der Waals surface area contributed by atoms with E-state index in [0.29, 0.717) is 18.2 Å². The molecule has 8 nitrogen and oxygen atoms in total. The molecule has 0 fully saturated rings. The maximum atomic E-state index is 13.2. The molecule has 5 rings (SSSR count). The summed E-state index contributed by atoms with van der Waals surface area (Å²) in [5.74, 6) is 1.10. The van der Waals surface area contributed by atoms with Crippen molar-refractivity contribution in [3.8, 4) is 5.75 Å². The van der Waals surface area contributed by atoms with Gasteiger partial charge in [0, 0.05) is 5.69 Å². The van der Waals surface area contributed by atoms with E-state index in [2.05, 4.69) is 89.3 Å². The normalized spacial score (nSPS) is 14.7. The lowest BCUT2D eigenvalue weighted by Crippen LogP contribution is -2.37. The molecule has 0 saturated carbocycles. The van der Waals surface area contributed by atoms with Crippen LogP contribution in [0.5, 0.6) is 5.75 Å². The van der Waals surface area contributed by atoms with Gasteiger partial charge in [0.25, 0.3) is 5.95 Å². The van der Waals surface area contributed by atoms with Gasteiger partial charge in [-0.3, -0.25) is 9.69 Å². The Morgan fingerprint density at radius 1 is 0.944 bits per heavy atom. The van der Waals surface area contributed by atoms with E-state index in [1.165, 1.54) is 5.56 Å². The van der Waals surface area contributed by atoms with Crippen LogP contribution in [-0.2, 0) is 4.79 Å². The summed E-state index contributed by atoms with van der Waals surface area (Å²) in [5, 5.41) is 15.5.